The predicted octanol–water partition coefficient (Wildman–Crippen LogP) is 1.05. The second-order valence-electron chi connectivity index (χ2n) is 4.16. The molecule has 3 rings (SSSR count). The minimum atomic E-state index is 0.569. The molecule has 2 unspecified atom stereocenters. The number of hydrogen-bond donors (Lipinski definition) is 1. The van der Waals surface area contributed by atoms with Crippen molar-refractivity contribution in [2.24, 2.45) is 5.92 Å². The lowest BCUT2D eigenvalue weighted by molar-refractivity contribution is 0.555. The molecule has 0 spiro atoms. The minimum absolute atomic E-state index is 0.569. The van der Waals surface area contributed by atoms with E-state index in [4.69, 9.17) is 5.73 Å². The molecule has 14 heavy (non-hydrogen) atoms. The van der Waals surface area contributed by atoms with Gasteiger partial charge in [-0.15, -0.1) is 0 Å². The third kappa shape index (κ3) is 1.14. The van der Waals surface area contributed by atoms with Gasteiger partial charge in [0.1, 0.15) is 0 Å². The summed E-state index contributed by atoms with van der Waals surface area (Å²) < 4.78 is 0. The molecule has 2 fully saturated rings. The quantitative estimate of drug-likeness (QED) is 0.719. The number of anilines is 2. The van der Waals surface area contributed by atoms with Crippen LogP contribution in [0, 0.1) is 5.92 Å². The molecule has 0 radical (unpaired) electrons. The second kappa shape index (κ2) is 2.83. The van der Waals surface area contributed by atoms with Crippen molar-refractivity contribution in [3.63, 3.8) is 0 Å². The van der Waals surface area contributed by atoms with Crippen LogP contribution in [0.4, 0.5) is 11.6 Å². The molecular formula is C10H14N4. The van der Waals surface area contributed by atoms with E-state index >= 15 is 0 Å². The fraction of sp³-hybridized carbons (Fsp3) is 0.600. The first-order valence-electron chi connectivity index (χ1n) is 5.19. The van der Waals surface area contributed by atoms with Gasteiger partial charge in [0.25, 0.3) is 0 Å². The molecule has 2 atom stereocenters. The van der Waals surface area contributed by atoms with Gasteiger partial charge >= 0.3 is 0 Å². The molecule has 0 bridgehead atoms. The van der Waals surface area contributed by atoms with Gasteiger partial charge in [-0.3, -0.25) is 0 Å². The Hall–Kier alpha value is -1.32. The Balaban J connectivity index is 1.91. The topological polar surface area (TPSA) is 55.0 Å². The first-order valence-corrected chi connectivity index (χ1v) is 5.19. The zero-order valence-corrected chi connectivity index (χ0v) is 8.06. The average molecular weight is 190 g/mol. The Morgan fingerprint density at radius 2 is 2.21 bits per heavy atom. The summed E-state index contributed by atoms with van der Waals surface area (Å²) in [6, 6.07) is 0.697. The molecule has 1 saturated carbocycles. The minimum Gasteiger partial charge on any atom is -0.381 e. The normalized spacial score (nSPS) is 29.9. The highest BCUT2D eigenvalue weighted by Crippen LogP contribution is 2.45. The maximum Gasteiger partial charge on any atom is 0.171 e. The summed E-state index contributed by atoms with van der Waals surface area (Å²) in [7, 11) is 0. The van der Waals surface area contributed by atoms with Crippen LogP contribution < -0.4 is 10.6 Å². The molecule has 2 N–H and O–H groups in total. The molecule has 74 valence electrons. The van der Waals surface area contributed by atoms with E-state index in [9.17, 15) is 0 Å². The van der Waals surface area contributed by atoms with Crippen LogP contribution in [0.15, 0.2) is 12.4 Å². The van der Waals surface area contributed by atoms with Gasteiger partial charge in [-0.25, -0.2) is 9.97 Å². The third-order valence-electron chi connectivity index (χ3n) is 3.24. The molecule has 1 aliphatic heterocycles. The lowest BCUT2D eigenvalue weighted by Crippen LogP contribution is -2.33. The fourth-order valence-corrected chi connectivity index (χ4v) is 2.44. The number of nitrogens with two attached hydrogens (primary N) is 1. The first-order chi connectivity index (χ1) is 6.86. The second-order valence-corrected chi connectivity index (χ2v) is 4.16. The van der Waals surface area contributed by atoms with Crippen LogP contribution in [0.25, 0.3) is 0 Å². The lowest BCUT2D eigenvalue weighted by atomic mass is 10.1. The monoisotopic (exact) mass is 190 g/mol. The fourth-order valence-electron chi connectivity index (χ4n) is 2.44. The summed E-state index contributed by atoms with van der Waals surface area (Å²) in [4.78, 5) is 10.7. The molecule has 4 nitrogen and oxygen atoms in total. The van der Waals surface area contributed by atoms with Gasteiger partial charge in [0.2, 0.25) is 0 Å². The van der Waals surface area contributed by atoms with E-state index in [1.807, 2.05) is 0 Å². The molecule has 1 aromatic rings. The van der Waals surface area contributed by atoms with Crippen LogP contribution in [0.3, 0.4) is 0 Å². The molecule has 2 heterocycles. The van der Waals surface area contributed by atoms with Crippen molar-refractivity contribution in [1.82, 2.24) is 9.97 Å². The number of nitrogen functional groups attached to an aromatic ring is 1. The van der Waals surface area contributed by atoms with E-state index in [2.05, 4.69) is 14.9 Å². The average Bonchev–Trinajstić information content (AvgIpc) is 2.97. The van der Waals surface area contributed by atoms with Crippen molar-refractivity contribution in [3.05, 3.63) is 12.4 Å². The maximum atomic E-state index is 5.82. The SMILES string of the molecule is Nc1nccnc1N1CCCC2CC21. The van der Waals surface area contributed by atoms with Crippen molar-refractivity contribution in [2.45, 2.75) is 25.3 Å². The van der Waals surface area contributed by atoms with Crippen molar-refractivity contribution >= 4 is 11.6 Å². The maximum absolute atomic E-state index is 5.82. The summed E-state index contributed by atoms with van der Waals surface area (Å²) >= 11 is 0. The van der Waals surface area contributed by atoms with Gasteiger partial charge in [0.05, 0.1) is 0 Å². The Kier molecular flexibility index (Phi) is 1.63. The molecule has 2 aliphatic rings. The van der Waals surface area contributed by atoms with E-state index in [-0.39, 0.29) is 0 Å². The lowest BCUT2D eigenvalue weighted by Gasteiger charge is -2.27. The van der Waals surface area contributed by atoms with Crippen LogP contribution in [0.5, 0.6) is 0 Å². The summed E-state index contributed by atoms with van der Waals surface area (Å²) in [5.41, 5.74) is 5.82. The largest absolute Gasteiger partial charge is 0.381 e. The molecule has 1 aliphatic carbocycles. The Labute approximate surface area is 83.1 Å². The number of fused-ring (bicyclic) bond motifs is 1. The van der Waals surface area contributed by atoms with Crippen molar-refractivity contribution in [3.8, 4) is 0 Å². The number of piperidine rings is 1. The molecule has 0 amide bonds. The highest BCUT2D eigenvalue weighted by atomic mass is 15.3. The van der Waals surface area contributed by atoms with E-state index < -0.39 is 0 Å². The van der Waals surface area contributed by atoms with Crippen LogP contribution in [0.2, 0.25) is 0 Å². The van der Waals surface area contributed by atoms with E-state index in [1.54, 1.807) is 12.4 Å². The molecule has 1 aromatic heterocycles. The van der Waals surface area contributed by atoms with Gasteiger partial charge in [-0.2, -0.15) is 0 Å². The van der Waals surface area contributed by atoms with E-state index in [1.165, 1.54) is 19.3 Å². The highest BCUT2D eigenvalue weighted by Gasteiger charge is 2.45. The van der Waals surface area contributed by atoms with E-state index in [0.29, 0.717) is 11.9 Å². The van der Waals surface area contributed by atoms with Crippen molar-refractivity contribution in [2.75, 3.05) is 17.2 Å². The number of nitrogens with zero attached hydrogens (tertiary/aromatic N) is 3. The summed E-state index contributed by atoms with van der Waals surface area (Å²) in [6.07, 6.45) is 7.32. The summed E-state index contributed by atoms with van der Waals surface area (Å²) in [5.74, 6) is 2.35. The molecule has 0 aromatic carbocycles. The van der Waals surface area contributed by atoms with Crippen LogP contribution in [-0.4, -0.2) is 22.6 Å². The van der Waals surface area contributed by atoms with Gasteiger partial charge in [-0.05, 0) is 25.2 Å². The van der Waals surface area contributed by atoms with Gasteiger partial charge in [0, 0.05) is 25.0 Å². The van der Waals surface area contributed by atoms with Gasteiger partial charge in [-0.1, -0.05) is 0 Å². The Morgan fingerprint density at radius 1 is 1.36 bits per heavy atom. The Morgan fingerprint density at radius 3 is 3.07 bits per heavy atom. The standard InChI is InChI=1S/C10H14N4/c11-9-10(13-4-3-12-9)14-5-1-2-7-6-8(7)14/h3-4,7-8H,1-2,5-6H2,(H2,11,12). The zero-order chi connectivity index (χ0) is 9.54. The number of rotatable bonds is 1. The number of hydrogen-bond acceptors (Lipinski definition) is 4. The highest BCUT2D eigenvalue weighted by molar-refractivity contribution is 5.59. The first kappa shape index (κ1) is 8.03. The van der Waals surface area contributed by atoms with Crippen molar-refractivity contribution < 1.29 is 0 Å². The van der Waals surface area contributed by atoms with Gasteiger partial charge in [0.15, 0.2) is 11.6 Å². The van der Waals surface area contributed by atoms with Crippen LogP contribution in [0.1, 0.15) is 19.3 Å². The molecule has 1 saturated heterocycles. The molecular weight excluding hydrogens is 176 g/mol. The van der Waals surface area contributed by atoms with Crippen LogP contribution >= 0.6 is 0 Å². The molecule has 4 heteroatoms. The third-order valence-corrected chi connectivity index (χ3v) is 3.24. The summed E-state index contributed by atoms with van der Waals surface area (Å²) in [5, 5.41) is 0. The van der Waals surface area contributed by atoms with Crippen LogP contribution in [-0.2, 0) is 0 Å². The van der Waals surface area contributed by atoms with Gasteiger partial charge < -0.3 is 10.6 Å². The smallest absolute Gasteiger partial charge is 0.171 e. The predicted molar refractivity (Wildman–Crippen MR) is 54.9 cm³/mol. The zero-order valence-electron chi connectivity index (χ0n) is 8.06. The van der Waals surface area contributed by atoms with Crippen molar-refractivity contribution in [1.29, 1.82) is 0 Å². The summed E-state index contributed by atoms with van der Waals surface area (Å²) in [6.45, 7) is 1.09. The van der Waals surface area contributed by atoms with E-state index in [0.717, 1.165) is 18.3 Å². The number of aromatic nitrogens is 2. The Bertz CT molecular complexity index is 352.